The number of hydrogen-bond donors (Lipinski definition) is 1. The van der Waals surface area contributed by atoms with Gasteiger partial charge in [-0.2, -0.15) is 0 Å². The summed E-state index contributed by atoms with van der Waals surface area (Å²) in [5.41, 5.74) is 0. The molecule has 0 aromatic carbocycles. The van der Waals surface area contributed by atoms with Gasteiger partial charge in [-0.1, -0.05) is 0 Å². The summed E-state index contributed by atoms with van der Waals surface area (Å²) in [6, 6.07) is 0. The molecule has 10 heavy (non-hydrogen) atoms. The molecule has 0 fully saturated rings. The monoisotopic (exact) mass is 268 g/mol. The van der Waals surface area contributed by atoms with Gasteiger partial charge in [-0.3, -0.25) is 0 Å². The minimum absolute atomic E-state index is 1.16. The molecule has 0 nitrogen and oxygen atoms in total. The number of thiol groups is 1. The predicted molar refractivity (Wildman–Crippen MR) is 55.6 cm³/mol. The van der Waals surface area contributed by atoms with Gasteiger partial charge in [0.05, 0.1) is 0 Å². The van der Waals surface area contributed by atoms with E-state index in [0.717, 1.165) is 0 Å². The molecule has 2 heteroatoms. The summed E-state index contributed by atoms with van der Waals surface area (Å²) in [4.78, 5) is 0. The van der Waals surface area contributed by atoms with E-state index in [0.29, 0.717) is 0 Å². The van der Waals surface area contributed by atoms with Crippen LogP contribution in [0.3, 0.4) is 0 Å². The Morgan fingerprint density at radius 2 is 1.40 bits per heavy atom. The first kappa shape index (κ1) is 11.1. The van der Waals surface area contributed by atoms with Gasteiger partial charge in [0.2, 0.25) is 0 Å². The van der Waals surface area contributed by atoms with Gasteiger partial charge in [-0.05, 0) is 0 Å². The molecule has 0 saturated carbocycles. The Balaban J connectivity index is 3.00. The first-order valence-electron chi connectivity index (χ1n) is 4.49. The van der Waals surface area contributed by atoms with E-state index in [2.05, 4.69) is 13.8 Å². The van der Waals surface area contributed by atoms with Crippen LogP contribution in [0.5, 0.6) is 0 Å². The summed E-state index contributed by atoms with van der Waals surface area (Å²) in [6.07, 6.45) is 5.60. The average molecular weight is 267 g/mol. The van der Waals surface area contributed by atoms with E-state index in [4.69, 9.17) is 9.81 Å². The van der Waals surface area contributed by atoms with E-state index in [9.17, 15) is 0 Å². The van der Waals surface area contributed by atoms with Crippen molar-refractivity contribution in [1.29, 1.82) is 0 Å². The van der Waals surface area contributed by atoms with E-state index >= 15 is 0 Å². The predicted octanol–water partition coefficient (Wildman–Crippen LogP) is 3.24. The van der Waals surface area contributed by atoms with Crippen LogP contribution in [0.4, 0.5) is 0 Å². The van der Waals surface area contributed by atoms with Crippen molar-refractivity contribution in [1.82, 2.24) is 0 Å². The Bertz CT molecular complexity index is 58.3. The summed E-state index contributed by atoms with van der Waals surface area (Å²) in [7, 11) is 4.71. The van der Waals surface area contributed by atoms with Crippen LogP contribution in [0.1, 0.15) is 39.5 Å². The van der Waals surface area contributed by atoms with Crippen LogP contribution in [0.2, 0.25) is 8.87 Å². The maximum absolute atomic E-state index is 4.71. The van der Waals surface area contributed by atoms with Crippen LogP contribution >= 0.6 is 9.81 Å². The maximum atomic E-state index is 4.71. The molecule has 0 atom stereocenters. The van der Waals surface area contributed by atoms with Gasteiger partial charge in [0.15, 0.2) is 0 Å². The van der Waals surface area contributed by atoms with Crippen molar-refractivity contribution >= 4 is 28.2 Å². The zero-order chi connectivity index (χ0) is 7.82. The Morgan fingerprint density at radius 1 is 1.00 bits per heavy atom. The first-order valence-corrected chi connectivity index (χ1v) is 14.1. The van der Waals surface area contributed by atoms with Gasteiger partial charge in [0.25, 0.3) is 0 Å². The van der Waals surface area contributed by atoms with Crippen LogP contribution in [0, 0.1) is 0 Å². The van der Waals surface area contributed by atoms with Gasteiger partial charge >= 0.3 is 76.6 Å². The molecule has 0 aliphatic rings. The molecule has 0 unspecified atom stereocenters. The molecule has 0 N–H and O–H groups in total. The van der Waals surface area contributed by atoms with Crippen molar-refractivity contribution in [2.75, 3.05) is 0 Å². The minimum atomic E-state index is -1.16. The molecular formula is C8H20SSn. The molecule has 0 radical (unpaired) electrons. The normalized spacial score (nSPS) is 10.8. The van der Waals surface area contributed by atoms with E-state index in [1.807, 2.05) is 0 Å². The second-order valence-electron chi connectivity index (χ2n) is 2.94. The third kappa shape index (κ3) is 7.26. The Kier molecular flexibility index (Phi) is 9.19. The molecule has 0 saturated heterocycles. The van der Waals surface area contributed by atoms with Gasteiger partial charge in [0.1, 0.15) is 0 Å². The summed E-state index contributed by atoms with van der Waals surface area (Å²) in [6.45, 7) is 4.54. The second-order valence-corrected chi connectivity index (χ2v) is 14.9. The molecule has 0 bridgehead atoms. The van der Waals surface area contributed by atoms with Crippen LogP contribution in [-0.2, 0) is 0 Å². The Morgan fingerprint density at radius 3 is 1.70 bits per heavy atom. The fraction of sp³-hybridized carbons (Fsp3) is 1.00. The van der Waals surface area contributed by atoms with Crippen LogP contribution < -0.4 is 0 Å². The molecular weight excluding hydrogens is 247 g/mol. The molecule has 0 aliphatic carbocycles. The molecule has 0 spiro atoms. The van der Waals surface area contributed by atoms with Crippen molar-refractivity contribution in [2.24, 2.45) is 0 Å². The Labute approximate surface area is 76.4 Å². The van der Waals surface area contributed by atoms with Crippen molar-refractivity contribution in [3.63, 3.8) is 0 Å². The molecule has 0 amide bonds. The van der Waals surface area contributed by atoms with Crippen molar-refractivity contribution in [3.05, 3.63) is 0 Å². The zero-order valence-electron chi connectivity index (χ0n) is 7.27. The SMILES string of the molecule is CCC[CH2][SnH]([SH])[CH2]CCC. The number of hydrogen-bond acceptors (Lipinski definition) is 1. The summed E-state index contributed by atoms with van der Waals surface area (Å²) < 4.78 is 3.03. The number of rotatable bonds is 6. The topological polar surface area (TPSA) is 0 Å². The molecule has 0 aromatic heterocycles. The van der Waals surface area contributed by atoms with Crippen LogP contribution in [-0.4, -0.2) is 18.4 Å². The van der Waals surface area contributed by atoms with E-state index in [1.165, 1.54) is 34.6 Å². The van der Waals surface area contributed by atoms with E-state index in [1.54, 1.807) is 0 Å². The van der Waals surface area contributed by atoms with Gasteiger partial charge in [-0.15, -0.1) is 0 Å². The van der Waals surface area contributed by atoms with Crippen LogP contribution in [0.25, 0.3) is 0 Å². The third-order valence-corrected chi connectivity index (χ3v) is 11.4. The van der Waals surface area contributed by atoms with Crippen molar-refractivity contribution in [2.45, 2.75) is 48.4 Å². The molecule has 0 aliphatic heterocycles. The van der Waals surface area contributed by atoms with Crippen molar-refractivity contribution < 1.29 is 0 Å². The molecule has 62 valence electrons. The fourth-order valence-corrected chi connectivity index (χ4v) is 9.32. The third-order valence-electron chi connectivity index (χ3n) is 1.78. The molecule has 0 rings (SSSR count). The fourth-order valence-electron chi connectivity index (χ4n) is 1.02. The average Bonchev–Trinajstić information content (AvgIpc) is 1.97. The number of unbranched alkanes of at least 4 members (excludes halogenated alkanes) is 2. The Hall–Kier alpha value is 1.15. The van der Waals surface area contributed by atoms with Gasteiger partial charge < -0.3 is 0 Å². The summed E-state index contributed by atoms with van der Waals surface area (Å²) in [5.74, 6) is 0. The van der Waals surface area contributed by atoms with E-state index < -0.39 is 18.4 Å². The summed E-state index contributed by atoms with van der Waals surface area (Å²) in [5, 5.41) is 0. The van der Waals surface area contributed by atoms with E-state index in [-0.39, 0.29) is 0 Å². The zero-order valence-corrected chi connectivity index (χ0v) is 11.5. The summed E-state index contributed by atoms with van der Waals surface area (Å²) >= 11 is -1.16. The first-order chi connectivity index (χ1) is 4.81. The second kappa shape index (κ2) is 8.25. The molecule has 0 aromatic rings. The van der Waals surface area contributed by atoms with Gasteiger partial charge in [-0.25, -0.2) is 0 Å². The standard InChI is InChI=1S/2C4H9.H2S.Sn.H/c2*1-3-4-2;;;/h2*1,3-4H2,2H3;1H2;;/q;;;+1;/p-1. The van der Waals surface area contributed by atoms with Gasteiger partial charge in [0, 0.05) is 0 Å². The quantitative estimate of drug-likeness (QED) is 0.554. The molecule has 0 heterocycles. The van der Waals surface area contributed by atoms with Crippen LogP contribution in [0.15, 0.2) is 0 Å². The van der Waals surface area contributed by atoms with Crippen molar-refractivity contribution in [3.8, 4) is 0 Å².